The van der Waals surface area contributed by atoms with E-state index in [1.54, 1.807) is 0 Å². The molecule has 0 fully saturated rings. The Bertz CT molecular complexity index is 525. The third-order valence-corrected chi connectivity index (χ3v) is 2.57. The number of amides is 1. The van der Waals surface area contributed by atoms with E-state index in [1.807, 2.05) is 0 Å². The number of Topliss-reactive ketones (excluding diaryl/α,β-unsaturated/α-hetero) is 1. The number of benzene rings is 1. The van der Waals surface area contributed by atoms with Gasteiger partial charge in [-0.1, -0.05) is 6.08 Å². The Hall–Kier alpha value is -2.04. The van der Waals surface area contributed by atoms with Crippen molar-refractivity contribution in [2.45, 2.75) is 6.42 Å². The fourth-order valence-corrected chi connectivity index (χ4v) is 1.79. The summed E-state index contributed by atoms with van der Waals surface area (Å²) in [7, 11) is 0. The van der Waals surface area contributed by atoms with E-state index in [-0.39, 0.29) is 12.2 Å². The van der Waals surface area contributed by atoms with Gasteiger partial charge in [0.15, 0.2) is 0 Å². The molecule has 0 radical (unpaired) electrons. The first-order valence-electron chi connectivity index (χ1n) is 5.03. The van der Waals surface area contributed by atoms with Crippen molar-refractivity contribution in [3.63, 3.8) is 0 Å². The van der Waals surface area contributed by atoms with Gasteiger partial charge in [0.1, 0.15) is 11.6 Å². The Morgan fingerprint density at radius 2 is 1.88 bits per heavy atom. The minimum absolute atomic E-state index is 0.113. The van der Waals surface area contributed by atoms with E-state index in [9.17, 15) is 18.4 Å². The standard InChI is InChI=1S/C12H9F2NO2/c1-2-3-6-15-10-8(14)5-4-7(13)9(10)11(16)12(15)17/h2,4-5H,1,3,6H2. The van der Waals surface area contributed by atoms with Crippen LogP contribution in [0.15, 0.2) is 24.8 Å². The molecular formula is C12H9F2NO2. The van der Waals surface area contributed by atoms with Crippen LogP contribution in [0.3, 0.4) is 0 Å². The Morgan fingerprint density at radius 3 is 2.53 bits per heavy atom. The zero-order valence-electron chi connectivity index (χ0n) is 8.87. The molecule has 0 atom stereocenters. The number of rotatable bonds is 3. The number of nitrogens with zero attached hydrogens (tertiary/aromatic N) is 1. The van der Waals surface area contributed by atoms with Crippen molar-refractivity contribution in [1.82, 2.24) is 0 Å². The summed E-state index contributed by atoms with van der Waals surface area (Å²) >= 11 is 0. The van der Waals surface area contributed by atoms with E-state index >= 15 is 0 Å². The molecule has 1 amide bonds. The largest absolute Gasteiger partial charge is 0.302 e. The minimum atomic E-state index is -0.999. The van der Waals surface area contributed by atoms with Crippen LogP contribution >= 0.6 is 0 Å². The first kappa shape index (κ1) is 11.4. The molecule has 3 nitrogen and oxygen atoms in total. The van der Waals surface area contributed by atoms with Gasteiger partial charge >= 0.3 is 0 Å². The lowest BCUT2D eigenvalue weighted by Crippen LogP contribution is -2.30. The van der Waals surface area contributed by atoms with Gasteiger partial charge in [0.05, 0.1) is 11.3 Å². The van der Waals surface area contributed by atoms with E-state index in [1.165, 1.54) is 6.08 Å². The SMILES string of the molecule is C=CCCN1C(=O)C(=O)c2c(F)ccc(F)c21. The molecular weight excluding hydrogens is 228 g/mol. The molecule has 1 aromatic carbocycles. The average molecular weight is 237 g/mol. The van der Waals surface area contributed by atoms with Gasteiger partial charge in [-0.25, -0.2) is 8.78 Å². The third-order valence-electron chi connectivity index (χ3n) is 2.57. The molecule has 0 unspecified atom stereocenters. The Labute approximate surface area is 96.3 Å². The van der Waals surface area contributed by atoms with E-state index in [0.29, 0.717) is 6.42 Å². The van der Waals surface area contributed by atoms with Crippen molar-refractivity contribution in [2.24, 2.45) is 0 Å². The van der Waals surface area contributed by atoms with Crippen LogP contribution in [0.2, 0.25) is 0 Å². The Balaban J connectivity index is 2.55. The number of fused-ring (bicyclic) bond motifs is 1. The summed E-state index contributed by atoms with van der Waals surface area (Å²) in [6.07, 6.45) is 1.93. The van der Waals surface area contributed by atoms with E-state index in [0.717, 1.165) is 17.0 Å². The Kier molecular flexibility index (Phi) is 2.75. The van der Waals surface area contributed by atoms with Crippen LogP contribution in [0.1, 0.15) is 16.8 Å². The monoisotopic (exact) mass is 237 g/mol. The predicted octanol–water partition coefficient (Wildman–Crippen LogP) is 2.07. The summed E-state index contributed by atoms with van der Waals surface area (Å²) in [6, 6.07) is 1.75. The second kappa shape index (κ2) is 4.08. The molecule has 0 spiro atoms. The molecule has 0 saturated carbocycles. The highest BCUT2D eigenvalue weighted by molar-refractivity contribution is 6.52. The van der Waals surface area contributed by atoms with Gasteiger partial charge in [0.25, 0.3) is 11.7 Å². The maximum atomic E-state index is 13.6. The highest BCUT2D eigenvalue weighted by atomic mass is 19.1. The van der Waals surface area contributed by atoms with E-state index in [2.05, 4.69) is 6.58 Å². The topological polar surface area (TPSA) is 37.4 Å². The van der Waals surface area contributed by atoms with Crippen molar-refractivity contribution in [3.05, 3.63) is 42.0 Å². The van der Waals surface area contributed by atoms with Crippen LogP contribution < -0.4 is 4.90 Å². The van der Waals surface area contributed by atoms with Gasteiger partial charge < -0.3 is 4.90 Å². The number of ketones is 1. The zero-order valence-corrected chi connectivity index (χ0v) is 8.87. The minimum Gasteiger partial charge on any atom is -0.302 e. The molecule has 1 aliphatic rings. The van der Waals surface area contributed by atoms with Crippen LogP contribution in [-0.2, 0) is 4.79 Å². The summed E-state index contributed by atoms with van der Waals surface area (Å²) < 4.78 is 27.0. The molecule has 1 aliphatic heterocycles. The van der Waals surface area contributed by atoms with Crippen molar-refractivity contribution >= 4 is 17.4 Å². The molecule has 1 aromatic rings. The normalized spacial score (nSPS) is 14.1. The van der Waals surface area contributed by atoms with Gasteiger partial charge in [-0.15, -0.1) is 6.58 Å². The highest BCUT2D eigenvalue weighted by Crippen LogP contribution is 2.33. The first-order chi connectivity index (χ1) is 8.07. The van der Waals surface area contributed by atoms with Gasteiger partial charge in [0.2, 0.25) is 0 Å². The van der Waals surface area contributed by atoms with Crippen LogP contribution in [0, 0.1) is 11.6 Å². The molecule has 2 rings (SSSR count). The summed E-state index contributed by atoms with van der Waals surface area (Å²) in [6.45, 7) is 3.58. The van der Waals surface area contributed by atoms with E-state index < -0.39 is 28.9 Å². The van der Waals surface area contributed by atoms with Gasteiger partial charge in [0, 0.05) is 6.54 Å². The number of carbonyl (C=O) groups excluding carboxylic acids is 2. The van der Waals surface area contributed by atoms with Crippen LogP contribution in [-0.4, -0.2) is 18.2 Å². The Morgan fingerprint density at radius 1 is 1.24 bits per heavy atom. The maximum absolute atomic E-state index is 13.6. The molecule has 0 aliphatic carbocycles. The summed E-state index contributed by atoms with van der Waals surface area (Å²) in [5, 5.41) is 0. The predicted molar refractivity (Wildman–Crippen MR) is 57.9 cm³/mol. The van der Waals surface area contributed by atoms with Crippen molar-refractivity contribution in [3.8, 4) is 0 Å². The van der Waals surface area contributed by atoms with E-state index in [4.69, 9.17) is 0 Å². The molecule has 0 aromatic heterocycles. The van der Waals surface area contributed by atoms with Gasteiger partial charge in [-0.05, 0) is 18.6 Å². The molecule has 1 heterocycles. The lowest BCUT2D eigenvalue weighted by molar-refractivity contribution is -0.114. The number of hydrogen-bond acceptors (Lipinski definition) is 2. The van der Waals surface area contributed by atoms with Crippen molar-refractivity contribution in [2.75, 3.05) is 11.4 Å². The van der Waals surface area contributed by atoms with Crippen LogP contribution in [0.5, 0.6) is 0 Å². The second-order valence-corrected chi connectivity index (χ2v) is 3.62. The van der Waals surface area contributed by atoms with Crippen LogP contribution in [0.25, 0.3) is 0 Å². The first-order valence-corrected chi connectivity index (χ1v) is 5.03. The number of anilines is 1. The van der Waals surface area contributed by atoms with Gasteiger partial charge in [-0.2, -0.15) is 0 Å². The van der Waals surface area contributed by atoms with Gasteiger partial charge in [-0.3, -0.25) is 9.59 Å². The highest BCUT2D eigenvalue weighted by Gasteiger charge is 2.39. The second-order valence-electron chi connectivity index (χ2n) is 3.62. The molecule has 88 valence electrons. The quantitative estimate of drug-likeness (QED) is 0.596. The third kappa shape index (κ3) is 1.63. The molecule has 0 N–H and O–H groups in total. The molecule has 5 heteroatoms. The van der Waals surface area contributed by atoms with Crippen LogP contribution in [0.4, 0.5) is 14.5 Å². The molecule has 17 heavy (non-hydrogen) atoms. The molecule has 0 bridgehead atoms. The van der Waals surface area contributed by atoms with Crippen molar-refractivity contribution in [1.29, 1.82) is 0 Å². The summed E-state index contributed by atoms with van der Waals surface area (Å²) in [5.41, 5.74) is -0.735. The number of halogens is 2. The average Bonchev–Trinajstić information content (AvgIpc) is 2.56. The lowest BCUT2D eigenvalue weighted by Gasteiger charge is -2.15. The molecule has 0 saturated heterocycles. The summed E-state index contributed by atoms with van der Waals surface area (Å²) in [5.74, 6) is -3.54. The zero-order chi connectivity index (χ0) is 12.6. The smallest absolute Gasteiger partial charge is 0.299 e. The number of hydrogen-bond donors (Lipinski definition) is 0. The maximum Gasteiger partial charge on any atom is 0.299 e. The number of carbonyl (C=O) groups is 2. The van der Waals surface area contributed by atoms with Crippen molar-refractivity contribution < 1.29 is 18.4 Å². The lowest BCUT2D eigenvalue weighted by atomic mass is 10.1. The fraction of sp³-hybridized carbons (Fsp3) is 0.167. The fourth-order valence-electron chi connectivity index (χ4n) is 1.79. The summed E-state index contributed by atoms with van der Waals surface area (Å²) in [4.78, 5) is 24.1.